The van der Waals surface area contributed by atoms with E-state index in [-0.39, 0.29) is 46.6 Å². The van der Waals surface area contributed by atoms with Crippen LogP contribution in [0.1, 0.15) is 50.7 Å². The normalized spacial score (nSPS) is 27.9. The average Bonchev–Trinajstić information content (AvgIpc) is 3.40. The molecule has 3 aliphatic heterocycles. The van der Waals surface area contributed by atoms with Gasteiger partial charge in [-0.05, 0) is 31.0 Å². The molecule has 1 saturated carbocycles. The zero-order valence-corrected chi connectivity index (χ0v) is 21.4. The number of ether oxygens (including phenoxy) is 1. The van der Waals surface area contributed by atoms with Gasteiger partial charge in [0.25, 0.3) is 5.91 Å². The number of furan rings is 1. The van der Waals surface area contributed by atoms with Crippen LogP contribution in [0.5, 0.6) is 0 Å². The van der Waals surface area contributed by atoms with Crippen molar-refractivity contribution in [2.45, 2.75) is 56.7 Å². The van der Waals surface area contributed by atoms with Gasteiger partial charge in [-0.2, -0.15) is 0 Å². The third kappa shape index (κ3) is 5.29. The van der Waals surface area contributed by atoms with Crippen molar-refractivity contribution in [2.75, 3.05) is 31.5 Å². The maximum atomic E-state index is 13.5. The molecule has 1 unspecified atom stereocenters. The van der Waals surface area contributed by atoms with Gasteiger partial charge in [-0.3, -0.25) is 4.79 Å². The number of quaternary nitrogens is 1. The Kier molecular flexibility index (Phi) is 7.92. The Morgan fingerprint density at radius 2 is 1.94 bits per heavy atom. The van der Waals surface area contributed by atoms with Gasteiger partial charge in [0.1, 0.15) is 24.5 Å². The first-order chi connectivity index (χ1) is 16.5. The molecule has 5 heterocycles. The van der Waals surface area contributed by atoms with Crippen molar-refractivity contribution < 1.29 is 45.3 Å². The lowest BCUT2D eigenvalue weighted by Gasteiger charge is -2.51. The van der Waals surface area contributed by atoms with Crippen molar-refractivity contribution in [2.24, 2.45) is 11.8 Å². The molecule has 0 aromatic carbocycles. The number of aromatic nitrogens is 2. The maximum Gasteiger partial charge on any atom is 0.346 e. The zero-order chi connectivity index (χ0) is 23.6. The fraction of sp³-hybridized carbons (Fsp3) is 0.600. The summed E-state index contributed by atoms with van der Waals surface area (Å²) in [5.74, 6) is 0.0434. The minimum Gasteiger partial charge on any atom is -1.00 e. The number of piperidine rings is 3. The summed E-state index contributed by atoms with van der Waals surface area (Å²) < 4.78 is 12.2. The van der Waals surface area contributed by atoms with Crippen molar-refractivity contribution in [3.8, 4) is 0 Å². The average molecular weight is 549 g/mol. The second kappa shape index (κ2) is 10.8. The molecule has 4 fully saturated rings. The third-order valence-electron chi connectivity index (χ3n) is 8.03. The molecule has 2 N–H and O–H groups in total. The molecule has 190 valence electrons. The van der Waals surface area contributed by atoms with Crippen LogP contribution in [-0.4, -0.2) is 63.7 Å². The predicted octanol–water partition coefficient (Wildman–Crippen LogP) is -0.368. The first-order valence-corrected chi connectivity index (χ1v) is 12.4. The van der Waals surface area contributed by atoms with E-state index in [2.05, 4.69) is 15.3 Å². The number of aliphatic hydroxyl groups is 1. The third-order valence-corrected chi connectivity index (χ3v) is 8.03. The second-order valence-electron chi connectivity index (χ2n) is 10.1. The van der Waals surface area contributed by atoms with Crippen LogP contribution in [0.2, 0.25) is 0 Å². The number of nitrogens with zero attached hydrogens (tertiary/aromatic N) is 3. The number of rotatable bonds is 7. The molecule has 1 amide bonds. The molecule has 4 aliphatic rings. The summed E-state index contributed by atoms with van der Waals surface area (Å²) in [6, 6.07) is 5.02. The fourth-order valence-electron chi connectivity index (χ4n) is 6.14. The number of hydrogen-bond acceptors (Lipinski definition) is 7. The van der Waals surface area contributed by atoms with Crippen LogP contribution in [0.15, 0.2) is 41.4 Å². The van der Waals surface area contributed by atoms with Gasteiger partial charge in [-0.1, -0.05) is 19.3 Å². The molecule has 6 rings (SSSR count). The highest BCUT2D eigenvalue weighted by Gasteiger charge is 2.54. The van der Waals surface area contributed by atoms with Crippen molar-refractivity contribution in [3.05, 3.63) is 42.7 Å². The number of anilines is 1. The summed E-state index contributed by atoms with van der Waals surface area (Å²) in [6.45, 7) is 2.63. The Morgan fingerprint density at radius 3 is 2.60 bits per heavy atom. The number of nitrogens with one attached hydrogen (secondary N) is 1. The largest absolute Gasteiger partial charge is 1.00 e. The van der Waals surface area contributed by atoms with E-state index in [4.69, 9.17) is 9.15 Å². The minimum absolute atomic E-state index is 0. The summed E-state index contributed by atoms with van der Waals surface area (Å²) in [7, 11) is 0. The number of esters is 1. The monoisotopic (exact) mass is 548 g/mol. The van der Waals surface area contributed by atoms with Crippen LogP contribution in [0.25, 0.3) is 0 Å². The van der Waals surface area contributed by atoms with Crippen LogP contribution in [0.4, 0.5) is 5.82 Å². The Morgan fingerprint density at radius 1 is 1.17 bits per heavy atom. The van der Waals surface area contributed by atoms with Crippen LogP contribution < -0.4 is 22.3 Å². The molecule has 9 nitrogen and oxygen atoms in total. The van der Waals surface area contributed by atoms with Crippen LogP contribution >= 0.6 is 0 Å². The number of carbonyl (C=O) groups is 2. The van der Waals surface area contributed by atoms with Gasteiger partial charge < -0.3 is 41.0 Å². The van der Waals surface area contributed by atoms with E-state index in [1.807, 2.05) is 0 Å². The minimum atomic E-state index is -1.77. The highest BCUT2D eigenvalue weighted by molar-refractivity contribution is 5.90. The van der Waals surface area contributed by atoms with E-state index in [1.165, 1.54) is 12.6 Å². The molecule has 2 atom stereocenters. The van der Waals surface area contributed by atoms with E-state index in [9.17, 15) is 14.7 Å². The summed E-state index contributed by atoms with van der Waals surface area (Å²) in [5.41, 5.74) is -1.77. The van der Waals surface area contributed by atoms with E-state index in [1.54, 1.807) is 24.4 Å². The summed E-state index contributed by atoms with van der Waals surface area (Å²) in [5, 5.41) is 14.5. The molecule has 1 aliphatic carbocycles. The number of halogens is 1. The van der Waals surface area contributed by atoms with E-state index in [0.717, 1.165) is 58.0 Å². The van der Waals surface area contributed by atoms with Gasteiger partial charge in [-0.25, -0.2) is 14.8 Å². The highest BCUT2D eigenvalue weighted by Crippen LogP contribution is 2.42. The lowest BCUT2D eigenvalue weighted by atomic mass is 9.75. The number of fused-ring (bicyclic) bond motifs is 3. The van der Waals surface area contributed by atoms with Crippen molar-refractivity contribution in [3.63, 3.8) is 0 Å². The van der Waals surface area contributed by atoms with Gasteiger partial charge in [-0.15, -0.1) is 0 Å². The second-order valence-corrected chi connectivity index (χ2v) is 10.1. The van der Waals surface area contributed by atoms with Gasteiger partial charge in [0, 0.05) is 30.9 Å². The van der Waals surface area contributed by atoms with Crippen molar-refractivity contribution in [1.82, 2.24) is 9.97 Å². The van der Waals surface area contributed by atoms with Gasteiger partial charge in [0.05, 0.1) is 19.4 Å². The fourth-order valence-corrected chi connectivity index (χ4v) is 6.14. The zero-order valence-electron chi connectivity index (χ0n) is 19.8. The lowest BCUT2D eigenvalue weighted by molar-refractivity contribution is -0.939. The Labute approximate surface area is 215 Å². The van der Waals surface area contributed by atoms with E-state index in [0.29, 0.717) is 23.4 Å². The number of carbonyl (C=O) groups excluding carboxylic acids is 2. The first kappa shape index (κ1) is 25.8. The molecule has 2 aromatic heterocycles. The van der Waals surface area contributed by atoms with Gasteiger partial charge in [0.2, 0.25) is 5.60 Å². The molecule has 2 bridgehead atoms. The molecule has 3 saturated heterocycles. The van der Waals surface area contributed by atoms with E-state index < -0.39 is 11.6 Å². The number of amides is 1. The lowest BCUT2D eigenvalue weighted by Crippen LogP contribution is -3.00. The van der Waals surface area contributed by atoms with Crippen molar-refractivity contribution in [1.29, 1.82) is 0 Å². The van der Waals surface area contributed by atoms with Gasteiger partial charge >= 0.3 is 5.97 Å². The quantitative estimate of drug-likeness (QED) is 0.358. The molecule has 2 aromatic rings. The smallest absolute Gasteiger partial charge is 0.346 e. The first-order valence-electron chi connectivity index (χ1n) is 12.4. The van der Waals surface area contributed by atoms with E-state index >= 15 is 0 Å². The molecule has 35 heavy (non-hydrogen) atoms. The van der Waals surface area contributed by atoms with Gasteiger partial charge in [0.15, 0.2) is 12.6 Å². The van der Waals surface area contributed by atoms with Crippen molar-refractivity contribution >= 4 is 17.7 Å². The molecular weight excluding hydrogens is 516 g/mol. The highest BCUT2D eigenvalue weighted by atomic mass is 79.9. The summed E-state index contributed by atoms with van der Waals surface area (Å²) in [4.78, 5) is 34.2. The van der Waals surface area contributed by atoms with Crippen LogP contribution in [0.3, 0.4) is 0 Å². The topological polar surface area (TPSA) is 115 Å². The van der Waals surface area contributed by atoms with Crippen LogP contribution in [0, 0.1) is 11.8 Å². The standard InChI is InChI=1S/C25H32N4O5.BrH/c30-23(28-22-8-11-26-17-27-22)16-29-12-9-18(10-13-29)20(15-29)34-24(31)25(32,21-7-4-14-33-21)19-5-2-1-3-6-19;/h4,7-8,11,14,17-20,32H,1-3,5-6,9-10,12-13,15-16H2;1H/t18?,20?,25-,29?;/m1./s1. The molecule has 10 heteroatoms. The maximum absolute atomic E-state index is 13.5. The Hall–Kier alpha value is -2.30. The summed E-state index contributed by atoms with van der Waals surface area (Å²) in [6.07, 6.45) is 10.5. The SMILES string of the molecule is O=C(C[N+]12CCC(CC1)C(OC(=O)[C@](O)(c1ccco1)C1CCCCC1)C2)Nc1ccncn1.[Br-]. The molecular formula is C25H33BrN4O5. The van der Waals surface area contributed by atoms with Crippen LogP contribution in [-0.2, 0) is 19.9 Å². The molecule has 0 spiro atoms. The summed E-state index contributed by atoms with van der Waals surface area (Å²) >= 11 is 0. The number of hydrogen-bond donors (Lipinski definition) is 2. The molecule has 0 radical (unpaired) electrons. The predicted molar refractivity (Wildman–Crippen MR) is 122 cm³/mol. The Bertz CT molecular complexity index is 991. The Balaban J connectivity index is 0.00000289.